The Hall–Kier alpha value is -4.35. The molecular formula is C29H43N7O5. The highest BCUT2D eigenvalue weighted by Crippen LogP contribution is 2.19. The van der Waals surface area contributed by atoms with Crippen molar-refractivity contribution in [3.63, 3.8) is 0 Å². The van der Waals surface area contributed by atoms with Crippen LogP contribution in [0.4, 0.5) is 10.5 Å². The average molecular weight is 570 g/mol. The second-order valence-corrected chi connectivity index (χ2v) is 11.2. The molecular weight excluding hydrogens is 526 g/mol. The van der Waals surface area contributed by atoms with Crippen molar-refractivity contribution in [2.24, 2.45) is 22.4 Å². The van der Waals surface area contributed by atoms with E-state index in [1.165, 1.54) is 0 Å². The molecule has 0 aliphatic carbocycles. The second-order valence-electron chi connectivity index (χ2n) is 11.2. The maximum atomic E-state index is 13.2. The number of hydrogen-bond donors (Lipinski definition) is 6. The standard InChI is InChI=1S/C29H43N7O5/c1-18(2)15-23(36-28(40)41-29(3,4)5)25(38)33-17-24(37)35-22(11-8-14-32-27(30)31)26(39)34-21-13-12-19-9-6-7-10-20(19)16-21/h6-7,9-10,12-13,16,18,22-23H,8,11,14-15,17H2,1-5H3,(H,33,38)(H,34,39)(H,35,37)(H,36,40)(H4,30,31,32)/t22-,23-/m0/s1. The molecule has 41 heavy (non-hydrogen) atoms. The lowest BCUT2D eigenvalue weighted by atomic mass is 10.0. The number of fused-ring (bicyclic) bond motifs is 1. The molecule has 0 heterocycles. The topological polar surface area (TPSA) is 190 Å². The third kappa shape index (κ3) is 12.6. The summed E-state index contributed by atoms with van der Waals surface area (Å²) in [6.45, 7) is 8.86. The monoisotopic (exact) mass is 569 g/mol. The quantitative estimate of drug-likeness (QED) is 0.121. The third-order valence-corrected chi connectivity index (χ3v) is 5.75. The highest BCUT2D eigenvalue weighted by Gasteiger charge is 2.26. The molecule has 2 rings (SSSR count). The van der Waals surface area contributed by atoms with E-state index in [2.05, 4.69) is 26.3 Å². The molecule has 0 fully saturated rings. The van der Waals surface area contributed by atoms with Gasteiger partial charge in [-0.05, 0) is 68.9 Å². The van der Waals surface area contributed by atoms with Crippen molar-refractivity contribution in [3.05, 3.63) is 42.5 Å². The molecule has 12 nitrogen and oxygen atoms in total. The summed E-state index contributed by atoms with van der Waals surface area (Å²) in [5, 5.41) is 12.6. The number of carbonyl (C=O) groups is 4. The van der Waals surface area contributed by atoms with Gasteiger partial charge in [0.15, 0.2) is 5.96 Å². The highest BCUT2D eigenvalue weighted by atomic mass is 16.6. The van der Waals surface area contributed by atoms with Crippen LogP contribution in [-0.2, 0) is 19.1 Å². The second kappa shape index (κ2) is 15.4. The van der Waals surface area contributed by atoms with Gasteiger partial charge in [-0.1, -0.05) is 44.2 Å². The van der Waals surface area contributed by atoms with Crippen LogP contribution < -0.4 is 32.7 Å². The van der Waals surface area contributed by atoms with Crippen LogP contribution in [0.2, 0.25) is 0 Å². The van der Waals surface area contributed by atoms with Gasteiger partial charge in [-0.2, -0.15) is 0 Å². The van der Waals surface area contributed by atoms with E-state index in [1.807, 2.05) is 50.2 Å². The number of rotatable bonds is 13. The van der Waals surface area contributed by atoms with E-state index in [0.29, 0.717) is 18.5 Å². The summed E-state index contributed by atoms with van der Waals surface area (Å²) < 4.78 is 5.26. The molecule has 8 N–H and O–H groups in total. The summed E-state index contributed by atoms with van der Waals surface area (Å²) in [5.41, 5.74) is 10.6. The minimum absolute atomic E-state index is 0.0649. The predicted octanol–water partition coefficient (Wildman–Crippen LogP) is 2.37. The van der Waals surface area contributed by atoms with Gasteiger partial charge in [-0.3, -0.25) is 19.4 Å². The van der Waals surface area contributed by atoms with Crippen LogP contribution in [0.5, 0.6) is 0 Å². The molecule has 0 radical (unpaired) electrons. The fraction of sp³-hybridized carbons (Fsp3) is 0.483. The van der Waals surface area contributed by atoms with Crippen molar-refractivity contribution >= 4 is 46.2 Å². The van der Waals surface area contributed by atoms with Crippen LogP contribution >= 0.6 is 0 Å². The van der Waals surface area contributed by atoms with Gasteiger partial charge >= 0.3 is 6.09 Å². The van der Waals surface area contributed by atoms with Crippen LogP contribution in [0, 0.1) is 5.92 Å². The van der Waals surface area contributed by atoms with E-state index >= 15 is 0 Å². The van der Waals surface area contributed by atoms with Gasteiger partial charge in [0.2, 0.25) is 17.7 Å². The van der Waals surface area contributed by atoms with Crippen molar-refractivity contribution in [2.75, 3.05) is 18.4 Å². The first-order valence-electron chi connectivity index (χ1n) is 13.6. The summed E-state index contributed by atoms with van der Waals surface area (Å²) in [5.74, 6) is -1.51. The third-order valence-electron chi connectivity index (χ3n) is 5.75. The molecule has 0 unspecified atom stereocenters. The first-order valence-corrected chi connectivity index (χ1v) is 13.6. The van der Waals surface area contributed by atoms with Gasteiger partial charge in [0.1, 0.15) is 17.7 Å². The first-order chi connectivity index (χ1) is 19.2. The number of benzene rings is 2. The number of nitrogens with zero attached hydrogens (tertiary/aromatic N) is 1. The summed E-state index contributed by atoms with van der Waals surface area (Å²) in [6.07, 6.45) is 0.297. The fourth-order valence-corrected chi connectivity index (χ4v) is 3.96. The Labute approximate surface area is 241 Å². The molecule has 2 atom stereocenters. The number of nitrogens with two attached hydrogens (primary N) is 2. The first kappa shape index (κ1) is 32.9. The zero-order valence-electron chi connectivity index (χ0n) is 24.5. The van der Waals surface area contributed by atoms with Gasteiger partial charge in [0, 0.05) is 12.2 Å². The summed E-state index contributed by atoms with van der Waals surface area (Å²) in [7, 11) is 0. The molecule has 0 saturated carbocycles. The van der Waals surface area contributed by atoms with Crippen molar-refractivity contribution in [3.8, 4) is 0 Å². The van der Waals surface area contributed by atoms with Gasteiger partial charge in [-0.15, -0.1) is 0 Å². The van der Waals surface area contributed by atoms with E-state index in [9.17, 15) is 19.2 Å². The van der Waals surface area contributed by atoms with Crippen LogP contribution in [0.3, 0.4) is 0 Å². The maximum absolute atomic E-state index is 13.2. The SMILES string of the molecule is CC(C)C[C@H](NC(=O)OC(C)(C)C)C(=O)NCC(=O)N[C@@H](CCCN=C(N)N)C(=O)Nc1ccc2ccccc2c1. The Balaban J connectivity index is 2.04. The normalized spacial score (nSPS) is 12.6. The number of alkyl carbamates (subject to hydrolysis) is 1. The predicted molar refractivity (Wildman–Crippen MR) is 160 cm³/mol. The number of hydrogen-bond acceptors (Lipinski definition) is 6. The molecule has 0 spiro atoms. The molecule has 2 aromatic rings. The molecule has 4 amide bonds. The van der Waals surface area contributed by atoms with Crippen molar-refractivity contribution < 1.29 is 23.9 Å². The Bertz CT molecular complexity index is 1240. The summed E-state index contributed by atoms with van der Waals surface area (Å²) in [6, 6.07) is 11.5. The van der Waals surface area contributed by atoms with E-state index in [0.717, 1.165) is 10.8 Å². The number of anilines is 1. The molecule has 0 aliphatic heterocycles. The van der Waals surface area contributed by atoms with Crippen LogP contribution in [-0.4, -0.2) is 60.5 Å². The lowest BCUT2D eigenvalue weighted by molar-refractivity contribution is -0.129. The van der Waals surface area contributed by atoms with Gasteiger partial charge in [-0.25, -0.2) is 4.79 Å². The van der Waals surface area contributed by atoms with Crippen LogP contribution in [0.25, 0.3) is 10.8 Å². The molecule has 12 heteroatoms. The van der Waals surface area contributed by atoms with E-state index in [1.54, 1.807) is 26.8 Å². The summed E-state index contributed by atoms with van der Waals surface area (Å²) >= 11 is 0. The Morgan fingerprint density at radius 2 is 1.61 bits per heavy atom. The number of carbonyl (C=O) groups excluding carboxylic acids is 4. The smallest absolute Gasteiger partial charge is 0.408 e. The van der Waals surface area contributed by atoms with Crippen LogP contribution in [0.15, 0.2) is 47.5 Å². The Morgan fingerprint density at radius 1 is 0.927 bits per heavy atom. The van der Waals surface area contributed by atoms with Crippen molar-refractivity contribution in [1.29, 1.82) is 0 Å². The molecule has 0 aromatic heterocycles. The molecule has 2 aromatic carbocycles. The van der Waals surface area contributed by atoms with Crippen molar-refractivity contribution in [2.45, 2.75) is 71.6 Å². The van der Waals surface area contributed by atoms with Crippen LogP contribution in [0.1, 0.15) is 53.9 Å². The van der Waals surface area contributed by atoms with E-state index < -0.39 is 48.0 Å². The van der Waals surface area contributed by atoms with Gasteiger partial charge in [0.25, 0.3) is 0 Å². The van der Waals surface area contributed by atoms with Gasteiger partial charge < -0.3 is 37.5 Å². The Kier molecular flexibility index (Phi) is 12.4. The largest absolute Gasteiger partial charge is 0.444 e. The lowest BCUT2D eigenvalue weighted by Gasteiger charge is -2.24. The maximum Gasteiger partial charge on any atom is 0.408 e. The minimum atomic E-state index is -0.911. The molecule has 0 bridgehead atoms. The zero-order valence-corrected chi connectivity index (χ0v) is 24.5. The number of amides is 4. The highest BCUT2D eigenvalue weighted by molar-refractivity contribution is 5.99. The van der Waals surface area contributed by atoms with Crippen molar-refractivity contribution in [1.82, 2.24) is 16.0 Å². The molecule has 0 saturated heterocycles. The van der Waals surface area contributed by atoms with Gasteiger partial charge in [0.05, 0.1) is 6.54 Å². The fourth-order valence-electron chi connectivity index (χ4n) is 3.96. The number of aliphatic imine (C=N–C) groups is 1. The number of guanidine groups is 1. The zero-order chi connectivity index (χ0) is 30.6. The molecule has 0 aliphatic rings. The van der Waals surface area contributed by atoms with E-state index in [-0.39, 0.29) is 24.8 Å². The molecule has 224 valence electrons. The summed E-state index contributed by atoms with van der Waals surface area (Å²) in [4.78, 5) is 55.0. The average Bonchev–Trinajstić information content (AvgIpc) is 2.87. The van der Waals surface area contributed by atoms with E-state index in [4.69, 9.17) is 16.2 Å². The minimum Gasteiger partial charge on any atom is -0.444 e. The Morgan fingerprint density at radius 3 is 2.24 bits per heavy atom. The lowest BCUT2D eigenvalue weighted by Crippen LogP contribution is -2.52. The number of ether oxygens (including phenoxy) is 1. The number of nitrogens with one attached hydrogen (secondary N) is 4.